The predicted molar refractivity (Wildman–Crippen MR) is 82.5 cm³/mol. The van der Waals surface area contributed by atoms with Crippen molar-refractivity contribution in [2.24, 2.45) is 11.1 Å². The van der Waals surface area contributed by atoms with Crippen LogP contribution in [0.15, 0.2) is 23.1 Å². The highest BCUT2D eigenvalue weighted by Crippen LogP contribution is 2.27. The summed E-state index contributed by atoms with van der Waals surface area (Å²) in [6.45, 7) is 0.827. The highest BCUT2D eigenvalue weighted by atomic mass is 35.5. The Hall–Kier alpha value is -0.780. The summed E-state index contributed by atoms with van der Waals surface area (Å²) < 4.78 is 22.7. The van der Waals surface area contributed by atoms with Crippen molar-refractivity contribution in [3.63, 3.8) is 0 Å². The van der Waals surface area contributed by atoms with E-state index < -0.39 is 10.0 Å². The Morgan fingerprint density at radius 2 is 1.85 bits per heavy atom. The number of nitrogens with two attached hydrogens (primary N) is 1. The molecule has 20 heavy (non-hydrogen) atoms. The van der Waals surface area contributed by atoms with Crippen LogP contribution >= 0.6 is 11.6 Å². The Morgan fingerprint density at radius 3 is 2.45 bits per heavy atom. The number of benzene rings is 1. The van der Waals surface area contributed by atoms with Crippen LogP contribution in [-0.4, -0.2) is 15.0 Å². The van der Waals surface area contributed by atoms with E-state index in [9.17, 15) is 8.42 Å². The van der Waals surface area contributed by atoms with Crippen LogP contribution in [-0.2, 0) is 10.0 Å². The topological polar surface area (TPSA) is 72.2 Å². The molecule has 0 spiro atoms. The lowest BCUT2D eigenvalue weighted by molar-refractivity contribution is 0.483. The molecule has 0 bridgehead atoms. The zero-order valence-corrected chi connectivity index (χ0v) is 13.0. The van der Waals surface area contributed by atoms with Crippen molar-refractivity contribution in [3.05, 3.63) is 23.2 Å². The van der Waals surface area contributed by atoms with Crippen molar-refractivity contribution in [3.8, 4) is 0 Å². The van der Waals surface area contributed by atoms with Crippen LogP contribution in [0, 0.1) is 5.92 Å². The fourth-order valence-corrected chi connectivity index (χ4v) is 3.36. The van der Waals surface area contributed by atoms with E-state index in [2.05, 4.69) is 5.32 Å². The molecule has 1 aliphatic carbocycles. The predicted octanol–water partition coefficient (Wildman–Crippen LogP) is 3.37. The molecule has 3 N–H and O–H groups in total. The van der Waals surface area contributed by atoms with Gasteiger partial charge in [0.25, 0.3) is 0 Å². The van der Waals surface area contributed by atoms with Crippen LogP contribution in [0.25, 0.3) is 0 Å². The van der Waals surface area contributed by atoms with Gasteiger partial charge in [0.1, 0.15) is 0 Å². The summed E-state index contributed by atoms with van der Waals surface area (Å²) in [4.78, 5) is 0.0882. The molecule has 0 unspecified atom stereocenters. The molecule has 2 rings (SSSR count). The molecule has 0 saturated heterocycles. The Kier molecular flexibility index (Phi) is 5.29. The van der Waals surface area contributed by atoms with Crippen molar-refractivity contribution in [1.82, 2.24) is 0 Å². The number of hydrogen-bond donors (Lipinski definition) is 2. The maximum absolute atomic E-state index is 11.4. The number of hydrogen-bond acceptors (Lipinski definition) is 3. The van der Waals surface area contributed by atoms with E-state index in [1.54, 1.807) is 6.07 Å². The first-order valence-electron chi connectivity index (χ1n) is 7.03. The minimum absolute atomic E-state index is 0.0882. The van der Waals surface area contributed by atoms with Crippen LogP contribution in [0.1, 0.15) is 38.5 Å². The quantitative estimate of drug-likeness (QED) is 0.836. The molecular formula is C14H21ClN2O2S. The second-order valence-electron chi connectivity index (χ2n) is 5.43. The smallest absolute Gasteiger partial charge is 0.238 e. The third-order valence-corrected chi connectivity index (χ3v) is 5.06. The Balaban J connectivity index is 2.04. The molecule has 0 amide bonds. The average Bonchev–Trinajstić information content (AvgIpc) is 2.65. The number of sulfonamides is 1. The van der Waals surface area contributed by atoms with E-state index in [1.165, 1.54) is 50.7 Å². The maximum Gasteiger partial charge on any atom is 0.238 e. The number of anilines is 1. The molecule has 6 heteroatoms. The van der Waals surface area contributed by atoms with Gasteiger partial charge in [0.15, 0.2) is 0 Å². The molecule has 0 atom stereocenters. The van der Waals surface area contributed by atoms with Gasteiger partial charge in [0.2, 0.25) is 10.0 Å². The van der Waals surface area contributed by atoms with Crippen molar-refractivity contribution in [2.45, 2.75) is 43.4 Å². The highest BCUT2D eigenvalue weighted by Gasteiger charge is 2.14. The molecule has 4 nitrogen and oxygen atoms in total. The molecule has 1 aliphatic rings. The second kappa shape index (κ2) is 6.78. The Bertz CT molecular complexity index is 552. The lowest BCUT2D eigenvalue weighted by atomic mass is 10.0. The molecule has 0 radical (unpaired) electrons. The summed E-state index contributed by atoms with van der Waals surface area (Å²) in [7, 11) is -3.69. The normalized spacial score (nSPS) is 17.7. The SMILES string of the molecule is NS(=O)(=O)c1ccc(Cl)c(NCC2CCCCCC2)c1. The summed E-state index contributed by atoms with van der Waals surface area (Å²) in [5.41, 5.74) is 0.641. The number of halogens is 1. The van der Waals surface area contributed by atoms with Crippen LogP contribution in [0.2, 0.25) is 5.02 Å². The van der Waals surface area contributed by atoms with Gasteiger partial charge in [-0.15, -0.1) is 0 Å². The average molecular weight is 317 g/mol. The van der Waals surface area contributed by atoms with Gasteiger partial charge in [0.05, 0.1) is 15.6 Å². The van der Waals surface area contributed by atoms with E-state index in [4.69, 9.17) is 16.7 Å². The minimum Gasteiger partial charge on any atom is -0.384 e. The van der Waals surface area contributed by atoms with Gasteiger partial charge in [0, 0.05) is 6.54 Å². The van der Waals surface area contributed by atoms with Crippen molar-refractivity contribution < 1.29 is 8.42 Å². The standard InChI is InChI=1S/C14H21ClN2O2S/c15-13-8-7-12(20(16,18)19)9-14(13)17-10-11-5-3-1-2-4-6-11/h7-9,11,17H,1-6,10H2,(H2,16,18,19). The number of primary sulfonamides is 1. The number of nitrogens with one attached hydrogen (secondary N) is 1. The van der Waals surface area contributed by atoms with Crippen LogP contribution in [0.5, 0.6) is 0 Å². The molecule has 0 aromatic heterocycles. The first-order chi connectivity index (χ1) is 9.47. The van der Waals surface area contributed by atoms with Crippen LogP contribution in [0.3, 0.4) is 0 Å². The monoisotopic (exact) mass is 316 g/mol. The zero-order valence-electron chi connectivity index (χ0n) is 11.4. The van der Waals surface area contributed by atoms with Gasteiger partial charge < -0.3 is 5.32 Å². The van der Waals surface area contributed by atoms with Crippen LogP contribution < -0.4 is 10.5 Å². The molecule has 1 fully saturated rings. The summed E-state index contributed by atoms with van der Waals surface area (Å²) in [5.74, 6) is 0.631. The van der Waals surface area contributed by atoms with E-state index in [0.29, 0.717) is 16.6 Å². The number of rotatable bonds is 4. The molecule has 1 aromatic rings. The van der Waals surface area contributed by atoms with Crippen molar-refractivity contribution in [1.29, 1.82) is 0 Å². The molecular weight excluding hydrogens is 296 g/mol. The molecule has 1 saturated carbocycles. The highest BCUT2D eigenvalue weighted by molar-refractivity contribution is 7.89. The second-order valence-corrected chi connectivity index (χ2v) is 7.39. The first-order valence-corrected chi connectivity index (χ1v) is 8.95. The van der Waals surface area contributed by atoms with Gasteiger partial charge in [-0.2, -0.15) is 0 Å². The van der Waals surface area contributed by atoms with Gasteiger partial charge in [-0.05, 0) is 37.0 Å². The van der Waals surface area contributed by atoms with Crippen molar-refractivity contribution in [2.75, 3.05) is 11.9 Å². The minimum atomic E-state index is -3.69. The van der Waals surface area contributed by atoms with Crippen molar-refractivity contribution >= 4 is 27.3 Å². The first kappa shape index (κ1) is 15.6. The fourth-order valence-electron chi connectivity index (χ4n) is 2.64. The largest absolute Gasteiger partial charge is 0.384 e. The molecule has 112 valence electrons. The van der Waals surface area contributed by atoms with E-state index in [-0.39, 0.29) is 4.90 Å². The van der Waals surface area contributed by atoms with Gasteiger partial charge in [-0.1, -0.05) is 37.3 Å². The van der Waals surface area contributed by atoms with Gasteiger partial charge in [-0.3, -0.25) is 0 Å². The van der Waals surface area contributed by atoms with Gasteiger partial charge >= 0.3 is 0 Å². The van der Waals surface area contributed by atoms with E-state index in [0.717, 1.165) is 6.54 Å². The van der Waals surface area contributed by atoms with E-state index >= 15 is 0 Å². The molecule has 1 aromatic carbocycles. The summed E-state index contributed by atoms with van der Waals surface area (Å²) in [6.07, 6.45) is 7.63. The summed E-state index contributed by atoms with van der Waals surface area (Å²) in [6, 6.07) is 4.50. The van der Waals surface area contributed by atoms with Gasteiger partial charge in [-0.25, -0.2) is 13.6 Å². The summed E-state index contributed by atoms with van der Waals surface area (Å²) >= 11 is 6.10. The third-order valence-electron chi connectivity index (χ3n) is 3.82. The van der Waals surface area contributed by atoms with Crippen LogP contribution in [0.4, 0.5) is 5.69 Å². The third kappa shape index (κ3) is 4.36. The fraction of sp³-hybridized carbons (Fsp3) is 0.571. The Morgan fingerprint density at radius 1 is 1.20 bits per heavy atom. The lowest BCUT2D eigenvalue weighted by Crippen LogP contribution is -2.15. The lowest BCUT2D eigenvalue weighted by Gasteiger charge is -2.17. The maximum atomic E-state index is 11.4. The van der Waals surface area contributed by atoms with E-state index in [1.807, 2.05) is 0 Å². The molecule has 0 heterocycles. The zero-order chi connectivity index (χ0) is 14.6. The summed E-state index contributed by atoms with van der Waals surface area (Å²) in [5, 5.41) is 8.93. The molecule has 0 aliphatic heterocycles. The Labute approximate surface area is 125 Å².